The molecule has 26 heavy (non-hydrogen) atoms. The fourth-order valence-electron chi connectivity index (χ4n) is 2.55. The molecule has 0 saturated heterocycles. The monoisotopic (exact) mass is 390 g/mol. The van der Waals surface area contributed by atoms with Crippen LogP contribution in [0, 0.1) is 11.6 Å². The number of thiophene rings is 1. The third-order valence-electron chi connectivity index (χ3n) is 3.79. The van der Waals surface area contributed by atoms with Gasteiger partial charge < -0.3 is 4.74 Å². The fraction of sp³-hybridized carbons (Fsp3) is 0.150. The van der Waals surface area contributed by atoms with Crippen molar-refractivity contribution in [2.75, 3.05) is 12.9 Å². The van der Waals surface area contributed by atoms with Crippen LogP contribution < -0.4 is 0 Å². The molecule has 0 amide bonds. The second-order valence-corrected chi connectivity index (χ2v) is 7.36. The average Bonchev–Trinajstić information content (AvgIpc) is 3.07. The topological polar surface area (TPSA) is 26.3 Å². The molecule has 0 N–H and O–H groups in total. The van der Waals surface area contributed by atoms with Crippen LogP contribution in [0.1, 0.15) is 16.6 Å². The Morgan fingerprint density at radius 3 is 2.42 bits per heavy atom. The predicted octanol–water partition coefficient (Wildman–Crippen LogP) is 6.26. The number of esters is 1. The SMILES string of the molecule is CCOC(=O)c1cc(-c2ccc(SC)cc2)c(-c2ccc(F)cc2F)s1. The lowest BCUT2D eigenvalue weighted by Crippen LogP contribution is -2.01. The van der Waals surface area contributed by atoms with Gasteiger partial charge in [-0.1, -0.05) is 12.1 Å². The van der Waals surface area contributed by atoms with Crippen LogP contribution in [0.15, 0.2) is 53.4 Å². The molecule has 0 spiro atoms. The summed E-state index contributed by atoms with van der Waals surface area (Å²) in [4.78, 5) is 14.2. The molecule has 1 aromatic heterocycles. The molecule has 0 aliphatic carbocycles. The van der Waals surface area contributed by atoms with Crippen molar-refractivity contribution in [1.82, 2.24) is 0 Å². The Morgan fingerprint density at radius 1 is 1.08 bits per heavy atom. The Hall–Kier alpha value is -2.18. The van der Waals surface area contributed by atoms with Crippen molar-refractivity contribution >= 4 is 29.1 Å². The third-order valence-corrected chi connectivity index (χ3v) is 5.68. The zero-order valence-electron chi connectivity index (χ0n) is 14.2. The van der Waals surface area contributed by atoms with E-state index in [1.54, 1.807) is 24.8 Å². The number of carbonyl (C=O) groups is 1. The van der Waals surface area contributed by atoms with Crippen LogP contribution >= 0.6 is 23.1 Å². The summed E-state index contributed by atoms with van der Waals surface area (Å²) in [6.07, 6.45) is 1.98. The van der Waals surface area contributed by atoms with Gasteiger partial charge in [0.2, 0.25) is 0 Å². The molecule has 0 radical (unpaired) electrons. The summed E-state index contributed by atoms with van der Waals surface area (Å²) in [5, 5.41) is 0. The lowest BCUT2D eigenvalue weighted by Gasteiger charge is -2.06. The first kappa shape index (κ1) is 18.6. The molecule has 1 heterocycles. The minimum atomic E-state index is -0.663. The van der Waals surface area contributed by atoms with E-state index in [1.165, 1.54) is 12.1 Å². The van der Waals surface area contributed by atoms with Gasteiger partial charge in [0.05, 0.1) is 6.61 Å². The number of hydrogen-bond acceptors (Lipinski definition) is 4. The van der Waals surface area contributed by atoms with Crippen LogP contribution in [-0.2, 0) is 4.74 Å². The molecule has 0 unspecified atom stereocenters. The molecule has 3 aromatic rings. The number of carbonyl (C=O) groups excluding carboxylic acids is 1. The number of halogens is 2. The van der Waals surface area contributed by atoms with Gasteiger partial charge in [0, 0.05) is 27.0 Å². The third kappa shape index (κ3) is 3.81. The molecule has 2 aromatic carbocycles. The maximum absolute atomic E-state index is 14.4. The van der Waals surface area contributed by atoms with Crippen molar-refractivity contribution in [3.8, 4) is 21.6 Å². The highest BCUT2D eigenvalue weighted by Crippen LogP contribution is 2.41. The molecule has 2 nitrogen and oxygen atoms in total. The molecule has 134 valence electrons. The number of benzene rings is 2. The van der Waals surface area contributed by atoms with Gasteiger partial charge in [-0.05, 0) is 49.1 Å². The lowest BCUT2D eigenvalue weighted by molar-refractivity contribution is 0.0532. The smallest absolute Gasteiger partial charge is 0.348 e. The van der Waals surface area contributed by atoms with E-state index in [0.29, 0.717) is 9.75 Å². The zero-order chi connectivity index (χ0) is 18.7. The summed E-state index contributed by atoms with van der Waals surface area (Å²) in [5.41, 5.74) is 1.83. The minimum Gasteiger partial charge on any atom is -0.462 e. The first-order chi connectivity index (χ1) is 12.5. The van der Waals surface area contributed by atoms with E-state index in [2.05, 4.69) is 0 Å². The molecule has 0 saturated carbocycles. The fourth-order valence-corrected chi connectivity index (χ4v) is 4.06. The van der Waals surface area contributed by atoms with Crippen LogP contribution in [0.25, 0.3) is 21.6 Å². The Balaban J connectivity index is 2.15. The van der Waals surface area contributed by atoms with Gasteiger partial charge in [0.1, 0.15) is 16.5 Å². The van der Waals surface area contributed by atoms with E-state index in [1.807, 2.05) is 30.5 Å². The first-order valence-electron chi connectivity index (χ1n) is 7.94. The molecular formula is C20H16F2O2S2. The van der Waals surface area contributed by atoms with Gasteiger partial charge in [-0.3, -0.25) is 0 Å². The second-order valence-electron chi connectivity index (χ2n) is 5.43. The lowest BCUT2D eigenvalue weighted by atomic mass is 10.0. The van der Waals surface area contributed by atoms with Crippen molar-refractivity contribution in [1.29, 1.82) is 0 Å². The molecule has 0 aliphatic heterocycles. The zero-order valence-corrected chi connectivity index (χ0v) is 15.8. The highest BCUT2D eigenvalue weighted by Gasteiger charge is 2.20. The summed E-state index contributed by atoms with van der Waals surface area (Å²) >= 11 is 2.76. The quantitative estimate of drug-likeness (QED) is 0.380. The van der Waals surface area contributed by atoms with Crippen molar-refractivity contribution < 1.29 is 18.3 Å². The summed E-state index contributed by atoms with van der Waals surface area (Å²) < 4.78 is 32.7. The first-order valence-corrected chi connectivity index (χ1v) is 9.98. The van der Waals surface area contributed by atoms with Gasteiger partial charge >= 0.3 is 5.97 Å². The molecule has 6 heteroatoms. The molecule has 0 atom stereocenters. The molecule has 0 aliphatic rings. The highest BCUT2D eigenvalue weighted by atomic mass is 32.2. The Morgan fingerprint density at radius 2 is 1.81 bits per heavy atom. The summed E-state index contributed by atoms with van der Waals surface area (Å²) in [6, 6.07) is 12.9. The molecule has 3 rings (SSSR count). The van der Waals surface area contributed by atoms with Crippen LogP contribution in [-0.4, -0.2) is 18.8 Å². The van der Waals surface area contributed by atoms with E-state index in [-0.39, 0.29) is 12.2 Å². The Labute approximate surface area is 158 Å². The minimum absolute atomic E-state index is 0.259. The van der Waals surface area contributed by atoms with E-state index in [4.69, 9.17) is 4.74 Å². The maximum atomic E-state index is 14.4. The second kappa shape index (κ2) is 8.01. The van der Waals surface area contributed by atoms with Crippen LogP contribution in [0.3, 0.4) is 0 Å². The largest absolute Gasteiger partial charge is 0.462 e. The highest BCUT2D eigenvalue weighted by molar-refractivity contribution is 7.98. The van der Waals surface area contributed by atoms with Gasteiger partial charge in [-0.2, -0.15) is 0 Å². The van der Waals surface area contributed by atoms with Crippen LogP contribution in [0.4, 0.5) is 8.78 Å². The number of hydrogen-bond donors (Lipinski definition) is 0. The van der Waals surface area contributed by atoms with Crippen molar-refractivity contribution in [3.05, 3.63) is 65.0 Å². The van der Waals surface area contributed by atoms with Gasteiger partial charge in [0.25, 0.3) is 0 Å². The Bertz CT molecular complexity index is 933. The van der Waals surface area contributed by atoms with Crippen molar-refractivity contribution in [3.63, 3.8) is 0 Å². The summed E-state index contributed by atoms with van der Waals surface area (Å²) in [5.74, 6) is -1.75. The van der Waals surface area contributed by atoms with E-state index in [0.717, 1.165) is 33.4 Å². The number of thioether (sulfide) groups is 1. The van der Waals surface area contributed by atoms with Gasteiger partial charge in [-0.25, -0.2) is 13.6 Å². The summed E-state index contributed by atoms with van der Waals surface area (Å²) in [7, 11) is 0. The average molecular weight is 390 g/mol. The van der Waals surface area contributed by atoms with Crippen LogP contribution in [0.5, 0.6) is 0 Å². The van der Waals surface area contributed by atoms with E-state index < -0.39 is 17.6 Å². The maximum Gasteiger partial charge on any atom is 0.348 e. The standard InChI is InChI=1S/C20H16F2O2S2/c1-3-24-20(23)18-11-16(12-4-7-14(25-2)8-5-12)19(26-18)15-9-6-13(21)10-17(15)22/h4-11H,3H2,1-2H3. The Kier molecular flexibility index (Phi) is 5.74. The number of rotatable bonds is 5. The van der Waals surface area contributed by atoms with Crippen LogP contribution in [0.2, 0.25) is 0 Å². The predicted molar refractivity (Wildman–Crippen MR) is 103 cm³/mol. The normalized spacial score (nSPS) is 10.8. The van der Waals surface area contributed by atoms with Crippen molar-refractivity contribution in [2.24, 2.45) is 0 Å². The molecule has 0 fully saturated rings. The van der Waals surface area contributed by atoms with Gasteiger partial charge in [-0.15, -0.1) is 23.1 Å². The molecule has 0 bridgehead atoms. The van der Waals surface area contributed by atoms with E-state index >= 15 is 0 Å². The van der Waals surface area contributed by atoms with E-state index in [9.17, 15) is 13.6 Å². The molecular weight excluding hydrogens is 374 g/mol. The van der Waals surface area contributed by atoms with Gasteiger partial charge in [0.15, 0.2) is 0 Å². The van der Waals surface area contributed by atoms with Crippen molar-refractivity contribution in [2.45, 2.75) is 11.8 Å². The summed E-state index contributed by atoms with van der Waals surface area (Å²) in [6.45, 7) is 1.99. The number of ether oxygens (including phenoxy) is 1.